The van der Waals surface area contributed by atoms with Crippen LogP contribution in [0.3, 0.4) is 0 Å². The molecule has 1 amide bonds. The van der Waals surface area contributed by atoms with Crippen molar-refractivity contribution in [3.05, 3.63) is 82.9 Å². The first-order chi connectivity index (χ1) is 14.1. The average molecular weight is 425 g/mol. The summed E-state index contributed by atoms with van der Waals surface area (Å²) in [6.45, 7) is 0.269. The fraction of sp³-hybridized carbons (Fsp3) is 0.0909. The molecular formula is C22H17ClN2O3S. The van der Waals surface area contributed by atoms with Gasteiger partial charge in [0.25, 0.3) is 5.91 Å². The normalized spacial score (nSPS) is 10.7. The van der Waals surface area contributed by atoms with Gasteiger partial charge in [0.05, 0.1) is 22.9 Å². The fourth-order valence-corrected chi connectivity index (χ4v) is 3.88. The Labute approximate surface area is 176 Å². The molecule has 0 aliphatic rings. The van der Waals surface area contributed by atoms with Crippen molar-refractivity contribution in [1.82, 2.24) is 4.98 Å². The molecule has 0 unspecified atom stereocenters. The second-order valence-electron chi connectivity index (χ2n) is 6.18. The lowest BCUT2D eigenvalue weighted by Crippen LogP contribution is -2.13. The quantitative estimate of drug-likeness (QED) is 0.425. The summed E-state index contributed by atoms with van der Waals surface area (Å²) in [6, 6.07) is 20.1. The Hall–Kier alpha value is -3.09. The third-order valence-electron chi connectivity index (χ3n) is 4.29. The summed E-state index contributed by atoms with van der Waals surface area (Å²) in [4.78, 5) is 17.3. The number of anilines is 1. The molecule has 0 saturated carbocycles. The Balaban J connectivity index is 1.52. The van der Waals surface area contributed by atoms with Gasteiger partial charge in [-0.2, -0.15) is 0 Å². The molecule has 0 radical (unpaired) electrons. The molecule has 1 N–H and O–H groups in total. The summed E-state index contributed by atoms with van der Waals surface area (Å²) in [5, 5.41) is 3.99. The van der Waals surface area contributed by atoms with E-state index in [0.717, 1.165) is 21.5 Å². The molecule has 1 aromatic heterocycles. The van der Waals surface area contributed by atoms with Gasteiger partial charge in [-0.05, 0) is 36.4 Å². The van der Waals surface area contributed by atoms with Crippen LogP contribution in [0.25, 0.3) is 10.2 Å². The van der Waals surface area contributed by atoms with E-state index in [2.05, 4.69) is 10.3 Å². The number of carbonyl (C=O) groups is 1. The first kappa shape index (κ1) is 19.2. The lowest BCUT2D eigenvalue weighted by molar-refractivity contribution is 0.102. The summed E-state index contributed by atoms with van der Waals surface area (Å²) in [5.74, 6) is 0.941. The number of halogens is 1. The van der Waals surface area contributed by atoms with Crippen LogP contribution in [-0.4, -0.2) is 18.0 Å². The first-order valence-corrected chi connectivity index (χ1v) is 10.0. The molecule has 4 rings (SSSR count). The number of fused-ring (bicyclic) bond motifs is 1. The Bertz CT molecular complexity index is 1180. The smallest absolute Gasteiger partial charge is 0.261 e. The molecule has 1 heterocycles. The molecule has 0 fully saturated rings. The Morgan fingerprint density at radius 3 is 2.72 bits per heavy atom. The van der Waals surface area contributed by atoms with Crippen LogP contribution in [0.4, 0.5) is 5.13 Å². The lowest BCUT2D eigenvalue weighted by Gasteiger charge is -2.11. The first-order valence-electron chi connectivity index (χ1n) is 8.85. The fourth-order valence-electron chi connectivity index (χ4n) is 2.80. The lowest BCUT2D eigenvalue weighted by atomic mass is 10.2. The second kappa shape index (κ2) is 8.51. The molecular weight excluding hydrogens is 408 g/mol. The third kappa shape index (κ3) is 4.34. The minimum absolute atomic E-state index is 0.269. The molecule has 5 nitrogen and oxygen atoms in total. The molecule has 4 aromatic rings. The van der Waals surface area contributed by atoms with Gasteiger partial charge in [0, 0.05) is 10.6 Å². The summed E-state index contributed by atoms with van der Waals surface area (Å²) < 4.78 is 12.0. The zero-order valence-corrected chi connectivity index (χ0v) is 17.1. The standard InChI is InChI=1S/C22H17ClN2O3S/c1-27-15-10-11-18-20(12-15)29-22(24-18)25-21(26)16-7-3-5-9-19(16)28-13-14-6-2-4-8-17(14)23/h2-12H,13H2,1H3,(H,24,25,26). The largest absolute Gasteiger partial charge is 0.497 e. The predicted molar refractivity (Wildman–Crippen MR) is 116 cm³/mol. The molecule has 0 aliphatic carbocycles. The van der Waals surface area contributed by atoms with E-state index < -0.39 is 0 Å². The number of amides is 1. The number of nitrogens with zero attached hydrogens (tertiary/aromatic N) is 1. The van der Waals surface area contributed by atoms with Crippen molar-refractivity contribution in [3.8, 4) is 11.5 Å². The summed E-state index contributed by atoms with van der Waals surface area (Å²) in [5.41, 5.74) is 2.08. The van der Waals surface area contributed by atoms with Gasteiger partial charge >= 0.3 is 0 Å². The van der Waals surface area contributed by atoms with Gasteiger partial charge in [-0.15, -0.1) is 0 Å². The number of carbonyl (C=O) groups excluding carboxylic acids is 1. The van der Waals surface area contributed by atoms with Crippen molar-refractivity contribution in [2.24, 2.45) is 0 Å². The van der Waals surface area contributed by atoms with Gasteiger partial charge in [0.1, 0.15) is 18.1 Å². The molecule has 0 atom stereocenters. The van der Waals surface area contributed by atoms with E-state index in [-0.39, 0.29) is 12.5 Å². The number of rotatable bonds is 6. The van der Waals surface area contributed by atoms with Crippen molar-refractivity contribution >= 4 is 44.2 Å². The molecule has 7 heteroatoms. The minimum atomic E-state index is -0.286. The summed E-state index contributed by atoms with van der Waals surface area (Å²) in [6.07, 6.45) is 0. The Morgan fingerprint density at radius 1 is 1.10 bits per heavy atom. The van der Waals surface area contributed by atoms with Crippen LogP contribution >= 0.6 is 22.9 Å². The van der Waals surface area contributed by atoms with E-state index in [0.29, 0.717) is 21.5 Å². The zero-order chi connectivity index (χ0) is 20.2. The van der Waals surface area contributed by atoms with E-state index >= 15 is 0 Å². The van der Waals surface area contributed by atoms with E-state index in [1.165, 1.54) is 11.3 Å². The molecule has 0 spiro atoms. The molecule has 0 saturated heterocycles. The number of hydrogen-bond acceptors (Lipinski definition) is 5. The van der Waals surface area contributed by atoms with E-state index in [1.807, 2.05) is 42.5 Å². The molecule has 0 bridgehead atoms. The highest BCUT2D eigenvalue weighted by atomic mass is 35.5. The summed E-state index contributed by atoms with van der Waals surface area (Å²) in [7, 11) is 1.62. The maximum absolute atomic E-state index is 12.8. The molecule has 0 aliphatic heterocycles. The van der Waals surface area contributed by atoms with Crippen LogP contribution in [-0.2, 0) is 6.61 Å². The van der Waals surface area contributed by atoms with E-state index in [1.54, 1.807) is 31.4 Å². The molecule has 3 aromatic carbocycles. The second-order valence-corrected chi connectivity index (χ2v) is 7.62. The van der Waals surface area contributed by atoms with E-state index in [4.69, 9.17) is 21.1 Å². The number of nitrogens with one attached hydrogen (secondary N) is 1. The maximum atomic E-state index is 12.8. The topological polar surface area (TPSA) is 60.5 Å². The summed E-state index contributed by atoms with van der Waals surface area (Å²) >= 11 is 7.57. The Kier molecular flexibility index (Phi) is 5.64. The van der Waals surface area contributed by atoms with Gasteiger partial charge in [-0.3, -0.25) is 10.1 Å². The molecule has 146 valence electrons. The van der Waals surface area contributed by atoms with Crippen molar-refractivity contribution in [1.29, 1.82) is 0 Å². The zero-order valence-electron chi connectivity index (χ0n) is 15.5. The predicted octanol–water partition coefficient (Wildman–Crippen LogP) is 5.79. The van der Waals surface area contributed by atoms with Crippen LogP contribution in [0.5, 0.6) is 11.5 Å². The number of methoxy groups -OCH3 is 1. The van der Waals surface area contributed by atoms with Gasteiger partial charge in [0.15, 0.2) is 5.13 Å². The number of thiazole rings is 1. The van der Waals surface area contributed by atoms with Crippen molar-refractivity contribution in [3.63, 3.8) is 0 Å². The van der Waals surface area contributed by atoms with Crippen LogP contribution in [0, 0.1) is 0 Å². The van der Waals surface area contributed by atoms with Crippen LogP contribution < -0.4 is 14.8 Å². The SMILES string of the molecule is COc1ccc2nc(NC(=O)c3ccccc3OCc3ccccc3Cl)sc2c1. The highest BCUT2D eigenvalue weighted by Gasteiger charge is 2.15. The monoisotopic (exact) mass is 424 g/mol. The molecule has 29 heavy (non-hydrogen) atoms. The minimum Gasteiger partial charge on any atom is -0.497 e. The van der Waals surface area contributed by atoms with Gasteiger partial charge in [0.2, 0.25) is 0 Å². The maximum Gasteiger partial charge on any atom is 0.261 e. The van der Waals surface area contributed by atoms with Crippen LogP contribution in [0.2, 0.25) is 5.02 Å². The highest BCUT2D eigenvalue weighted by Crippen LogP contribution is 2.30. The Morgan fingerprint density at radius 2 is 1.90 bits per heavy atom. The number of hydrogen-bond donors (Lipinski definition) is 1. The van der Waals surface area contributed by atoms with Crippen LogP contribution in [0.15, 0.2) is 66.7 Å². The number of para-hydroxylation sites is 1. The van der Waals surface area contributed by atoms with Gasteiger partial charge in [-0.25, -0.2) is 4.98 Å². The highest BCUT2D eigenvalue weighted by molar-refractivity contribution is 7.22. The van der Waals surface area contributed by atoms with Gasteiger partial charge in [-0.1, -0.05) is 53.3 Å². The van der Waals surface area contributed by atoms with E-state index in [9.17, 15) is 4.79 Å². The third-order valence-corrected chi connectivity index (χ3v) is 5.59. The number of aromatic nitrogens is 1. The number of benzene rings is 3. The van der Waals surface area contributed by atoms with Crippen LogP contribution in [0.1, 0.15) is 15.9 Å². The van der Waals surface area contributed by atoms with Crippen molar-refractivity contribution < 1.29 is 14.3 Å². The number of ether oxygens (including phenoxy) is 2. The van der Waals surface area contributed by atoms with Crippen molar-refractivity contribution in [2.45, 2.75) is 6.61 Å². The van der Waals surface area contributed by atoms with Crippen molar-refractivity contribution in [2.75, 3.05) is 12.4 Å². The van der Waals surface area contributed by atoms with Gasteiger partial charge < -0.3 is 9.47 Å². The average Bonchev–Trinajstić information content (AvgIpc) is 3.14.